The lowest BCUT2D eigenvalue weighted by molar-refractivity contribution is -0.120. The Morgan fingerprint density at radius 3 is 2.28 bits per heavy atom. The van der Waals surface area contributed by atoms with Crippen molar-refractivity contribution in [2.75, 3.05) is 18.4 Å². The van der Waals surface area contributed by atoms with E-state index in [1.165, 1.54) is 11.8 Å². The van der Waals surface area contributed by atoms with Crippen LogP contribution in [0.3, 0.4) is 0 Å². The SMILES string of the molecule is O=C(NCc1cccc(NC(=O)N2CCCC2)c1)C(Sc1ccccc1)c1ccccc1. The zero-order chi connectivity index (χ0) is 22.2. The lowest BCUT2D eigenvalue weighted by Crippen LogP contribution is -2.32. The molecule has 32 heavy (non-hydrogen) atoms. The molecule has 1 aliphatic heterocycles. The van der Waals surface area contributed by atoms with Crippen molar-refractivity contribution < 1.29 is 9.59 Å². The van der Waals surface area contributed by atoms with Gasteiger partial charge in [0.05, 0.1) is 0 Å². The fourth-order valence-corrected chi connectivity index (χ4v) is 4.77. The van der Waals surface area contributed by atoms with E-state index >= 15 is 0 Å². The van der Waals surface area contributed by atoms with Crippen LogP contribution >= 0.6 is 11.8 Å². The molecule has 1 atom stereocenters. The summed E-state index contributed by atoms with van der Waals surface area (Å²) in [5, 5.41) is 5.68. The number of urea groups is 1. The number of nitrogens with one attached hydrogen (secondary N) is 2. The van der Waals surface area contributed by atoms with Crippen LogP contribution < -0.4 is 10.6 Å². The Morgan fingerprint density at radius 1 is 0.875 bits per heavy atom. The lowest BCUT2D eigenvalue weighted by Gasteiger charge is -2.18. The minimum absolute atomic E-state index is 0.0449. The van der Waals surface area contributed by atoms with E-state index in [4.69, 9.17) is 0 Å². The minimum Gasteiger partial charge on any atom is -0.351 e. The van der Waals surface area contributed by atoms with Crippen molar-refractivity contribution in [3.05, 3.63) is 96.1 Å². The largest absolute Gasteiger partial charge is 0.351 e. The summed E-state index contributed by atoms with van der Waals surface area (Å²) in [6.45, 7) is 2.01. The van der Waals surface area contributed by atoms with Crippen molar-refractivity contribution in [2.24, 2.45) is 0 Å². The second-order valence-corrected chi connectivity index (χ2v) is 8.94. The fraction of sp³-hybridized carbons (Fsp3) is 0.231. The van der Waals surface area contributed by atoms with Gasteiger partial charge in [-0.25, -0.2) is 4.79 Å². The molecule has 4 rings (SSSR count). The van der Waals surface area contributed by atoms with E-state index in [-0.39, 0.29) is 17.2 Å². The molecule has 2 N–H and O–H groups in total. The van der Waals surface area contributed by atoms with Crippen LogP contribution in [0.2, 0.25) is 0 Å². The average Bonchev–Trinajstić information content (AvgIpc) is 3.38. The Hall–Kier alpha value is -3.25. The van der Waals surface area contributed by atoms with E-state index in [1.807, 2.05) is 89.8 Å². The van der Waals surface area contributed by atoms with E-state index in [0.29, 0.717) is 6.54 Å². The van der Waals surface area contributed by atoms with Gasteiger partial charge < -0.3 is 15.5 Å². The number of thioether (sulfide) groups is 1. The van der Waals surface area contributed by atoms with E-state index in [0.717, 1.165) is 47.6 Å². The monoisotopic (exact) mass is 445 g/mol. The van der Waals surface area contributed by atoms with Crippen LogP contribution in [-0.2, 0) is 11.3 Å². The predicted molar refractivity (Wildman–Crippen MR) is 130 cm³/mol. The third-order valence-corrected chi connectivity index (χ3v) is 6.64. The van der Waals surface area contributed by atoms with E-state index in [1.54, 1.807) is 0 Å². The first kappa shape index (κ1) is 22.0. The Labute approximate surface area is 193 Å². The number of benzene rings is 3. The lowest BCUT2D eigenvalue weighted by atomic mass is 10.1. The molecule has 0 bridgehead atoms. The highest BCUT2D eigenvalue weighted by atomic mass is 32.2. The molecule has 3 aromatic carbocycles. The summed E-state index contributed by atoms with van der Waals surface area (Å²) in [7, 11) is 0. The number of carbonyl (C=O) groups excluding carboxylic acids is 2. The number of carbonyl (C=O) groups is 2. The van der Waals surface area contributed by atoms with Crippen LogP contribution in [0.5, 0.6) is 0 Å². The van der Waals surface area contributed by atoms with Gasteiger partial charge in [0.15, 0.2) is 0 Å². The summed E-state index contributed by atoms with van der Waals surface area (Å²) in [5.41, 5.74) is 2.64. The highest BCUT2D eigenvalue weighted by Gasteiger charge is 2.22. The summed E-state index contributed by atoms with van der Waals surface area (Å²) >= 11 is 1.54. The molecule has 0 aromatic heterocycles. The molecular formula is C26H27N3O2S. The molecule has 0 saturated carbocycles. The Bertz CT molecular complexity index is 1040. The van der Waals surface area contributed by atoms with Crippen molar-refractivity contribution in [1.29, 1.82) is 0 Å². The molecule has 0 spiro atoms. The quantitative estimate of drug-likeness (QED) is 0.475. The van der Waals surface area contributed by atoms with Gasteiger partial charge in [-0.2, -0.15) is 0 Å². The number of hydrogen-bond acceptors (Lipinski definition) is 3. The molecule has 3 amide bonds. The van der Waals surface area contributed by atoms with Gasteiger partial charge >= 0.3 is 6.03 Å². The number of anilines is 1. The number of hydrogen-bond donors (Lipinski definition) is 2. The van der Waals surface area contributed by atoms with Gasteiger partial charge in [0.25, 0.3) is 0 Å². The van der Waals surface area contributed by atoms with Gasteiger partial charge in [-0.05, 0) is 48.2 Å². The third-order valence-electron chi connectivity index (χ3n) is 5.38. The van der Waals surface area contributed by atoms with Gasteiger partial charge in [0, 0.05) is 30.2 Å². The number of likely N-dealkylation sites (tertiary alicyclic amines) is 1. The van der Waals surface area contributed by atoms with Gasteiger partial charge in [-0.15, -0.1) is 11.8 Å². The molecular weight excluding hydrogens is 418 g/mol. The van der Waals surface area contributed by atoms with Crippen molar-refractivity contribution in [1.82, 2.24) is 10.2 Å². The Kier molecular flexibility index (Phi) is 7.46. The zero-order valence-electron chi connectivity index (χ0n) is 17.9. The molecule has 6 heteroatoms. The second kappa shape index (κ2) is 10.9. The van der Waals surface area contributed by atoms with Gasteiger partial charge in [-0.1, -0.05) is 60.7 Å². The van der Waals surface area contributed by atoms with Crippen molar-refractivity contribution in [2.45, 2.75) is 29.5 Å². The van der Waals surface area contributed by atoms with Gasteiger partial charge in [0.2, 0.25) is 5.91 Å². The maximum absolute atomic E-state index is 13.1. The first-order valence-electron chi connectivity index (χ1n) is 10.9. The fourth-order valence-electron chi connectivity index (χ4n) is 3.70. The molecule has 1 unspecified atom stereocenters. The summed E-state index contributed by atoms with van der Waals surface area (Å²) in [6.07, 6.45) is 2.12. The molecule has 1 saturated heterocycles. The molecule has 1 heterocycles. The van der Waals surface area contributed by atoms with Crippen molar-refractivity contribution >= 4 is 29.4 Å². The van der Waals surface area contributed by atoms with Gasteiger partial charge in [-0.3, -0.25) is 4.79 Å². The first-order valence-corrected chi connectivity index (χ1v) is 11.8. The van der Waals surface area contributed by atoms with Crippen molar-refractivity contribution in [3.8, 4) is 0 Å². The van der Waals surface area contributed by atoms with Crippen LogP contribution in [0.4, 0.5) is 10.5 Å². The highest BCUT2D eigenvalue weighted by molar-refractivity contribution is 8.00. The van der Waals surface area contributed by atoms with Crippen LogP contribution in [0.15, 0.2) is 89.8 Å². The molecule has 0 aliphatic carbocycles. The Balaban J connectivity index is 1.41. The zero-order valence-corrected chi connectivity index (χ0v) is 18.7. The third kappa shape index (κ3) is 5.92. The number of nitrogens with zero attached hydrogens (tertiary/aromatic N) is 1. The maximum atomic E-state index is 13.1. The highest BCUT2D eigenvalue weighted by Crippen LogP contribution is 2.35. The summed E-state index contributed by atoms with van der Waals surface area (Å²) in [4.78, 5) is 28.4. The maximum Gasteiger partial charge on any atom is 0.321 e. The molecule has 5 nitrogen and oxygen atoms in total. The summed E-state index contributed by atoms with van der Waals surface area (Å²) < 4.78 is 0. The molecule has 164 valence electrons. The van der Waals surface area contributed by atoms with Crippen LogP contribution in [0.1, 0.15) is 29.2 Å². The smallest absolute Gasteiger partial charge is 0.321 e. The average molecular weight is 446 g/mol. The first-order chi connectivity index (χ1) is 15.7. The van der Waals surface area contributed by atoms with E-state index < -0.39 is 0 Å². The van der Waals surface area contributed by atoms with E-state index in [2.05, 4.69) is 10.6 Å². The number of amides is 3. The molecule has 1 fully saturated rings. The molecule has 0 radical (unpaired) electrons. The minimum atomic E-state index is -0.350. The second-order valence-electron chi connectivity index (χ2n) is 7.76. The van der Waals surface area contributed by atoms with E-state index in [9.17, 15) is 9.59 Å². The number of rotatable bonds is 7. The normalized spacial score (nSPS) is 14.1. The predicted octanol–water partition coefficient (Wildman–Crippen LogP) is 5.46. The van der Waals surface area contributed by atoms with Gasteiger partial charge in [0.1, 0.15) is 5.25 Å². The van der Waals surface area contributed by atoms with Crippen LogP contribution in [0.25, 0.3) is 0 Å². The van der Waals surface area contributed by atoms with Crippen LogP contribution in [0, 0.1) is 0 Å². The molecule has 1 aliphatic rings. The Morgan fingerprint density at radius 2 is 1.56 bits per heavy atom. The standard InChI is InChI=1S/C26H27N3O2S/c30-25(24(21-11-3-1-4-12-21)32-23-14-5-2-6-15-23)27-19-20-10-9-13-22(18-20)28-26(31)29-16-7-8-17-29/h1-6,9-15,18,24H,7-8,16-17,19H2,(H,27,30)(H,28,31). The topological polar surface area (TPSA) is 61.4 Å². The van der Waals surface area contributed by atoms with Crippen molar-refractivity contribution in [3.63, 3.8) is 0 Å². The summed E-state index contributed by atoms with van der Waals surface area (Å²) in [5.74, 6) is -0.0449. The molecule has 3 aromatic rings. The van der Waals surface area contributed by atoms with Crippen LogP contribution in [-0.4, -0.2) is 29.9 Å². The summed E-state index contributed by atoms with van der Waals surface area (Å²) in [6, 6.07) is 27.3.